The molecule has 0 fully saturated rings. The van der Waals surface area contributed by atoms with E-state index in [1.165, 1.54) is 0 Å². The van der Waals surface area contributed by atoms with Crippen LogP contribution in [0.1, 0.15) is 22.3 Å². The zero-order valence-corrected chi connectivity index (χ0v) is 13.2. The van der Waals surface area contributed by atoms with Crippen LogP contribution in [0.3, 0.4) is 0 Å². The Morgan fingerprint density at radius 3 is 2.10 bits per heavy atom. The molecule has 2 rings (SSSR count). The number of methoxy groups -OCH3 is 1. The molecule has 21 heavy (non-hydrogen) atoms. The molecule has 4 nitrogen and oxygen atoms in total. The van der Waals surface area contributed by atoms with Gasteiger partial charge in [0.05, 0.1) is 12.8 Å². The lowest BCUT2D eigenvalue weighted by Crippen LogP contribution is -2.02. The highest BCUT2D eigenvalue weighted by atomic mass is 16.5. The average Bonchev–Trinajstić information content (AvgIpc) is 2.42. The fourth-order valence-corrected chi connectivity index (χ4v) is 2.52. The molecule has 2 aromatic carbocycles. The van der Waals surface area contributed by atoms with Crippen LogP contribution in [0.4, 0.5) is 17.1 Å². The SMILES string of the molecule is COc1c(Nc2cc(C)c(O)c(C)c2)cc(C)c(N)c1C. The Morgan fingerprint density at radius 1 is 1.00 bits per heavy atom. The van der Waals surface area contributed by atoms with Crippen LogP contribution in [-0.4, -0.2) is 12.2 Å². The highest BCUT2D eigenvalue weighted by Crippen LogP contribution is 2.37. The van der Waals surface area contributed by atoms with Crippen LogP contribution in [0.25, 0.3) is 0 Å². The first-order valence-electron chi connectivity index (χ1n) is 6.86. The number of rotatable bonds is 3. The van der Waals surface area contributed by atoms with Crippen molar-refractivity contribution >= 4 is 17.1 Å². The predicted octanol–water partition coefficient (Wildman–Crippen LogP) is 3.96. The molecular formula is C17H22N2O2. The van der Waals surface area contributed by atoms with Gasteiger partial charge in [-0.05, 0) is 62.6 Å². The van der Waals surface area contributed by atoms with Gasteiger partial charge in [-0.2, -0.15) is 0 Å². The maximum Gasteiger partial charge on any atom is 0.147 e. The van der Waals surface area contributed by atoms with E-state index in [0.717, 1.165) is 45.1 Å². The van der Waals surface area contributed by atoms with Gasteiger partial charge in [0.25, 0.3) is 0 Å². The summed E-state index contributed by atoms with van der Waals surface area (Å²) in [6, 6.07) is 5.78. The van der Waals surface area contributed by atoms with Gasteiger partial charge in [0, 0.05) is 16.9 Å². The summed E-state index contributed by atoms with van der Waals surface area (Å²) in [7, 11) is 1.63. The van der Waals surface area contributed by atoms with Gasteiger partial charge >= 0.3 is 0 Å². The summed E-state index contributed by atoms with van der Waals surface area (Å²) in [5.74, 6) is 1.07. The standard InChI is InChI=1S/C17H22N2O2/c1-9-8-14(17(21-5)12(4)15(9)18)19-13-6-10(2)16(20)11(3)7-13/h6-8,19-20H,18H2,1-5H3. The summed E-state index contributed by atoms with van der Waals surface area (Å²) < 4.78 is 5.48. The van der Waals surface area contributed by atoms with Gasteiger partial charge in [0.1, 0.15) is 11.5 Å². The summed E-state index contributed by atoms with van der Waals surface area (Å²) in [6.07, 6.45) is 0. The Bertz CT molecular complexity index is 671. The maximum absolute atomic E-state index is 9.85. The van der Waals surface area contributed by atoms with Crippen molar-refractivity contribution in [3.63, 3.8) is 0 Å². The fraction of sp³-hybridized carbons (Fsp3) is 0.294. The molecule has 112 valence electrons. The van der Waals surface area contributed by atoms with E-state index in [-0.39, 0.29) is 0 Å². The molecule has 2 aromatic rings. The number of aryl methyl sites for hydroxylation is 3. The van der Waals surface area contributed by atoms with Crippen LogP contribution in [0, 0.1) is 27.7 Å². The van der Waals surface area contributed by atoms with Crippen molar-refractivity contribution in [3.05, 3.63) is 40.5 Å². The third-order valence-electron chi connectivity index (χ3n) is 3.75. The molecule has 0 aliphatic rings. The second-order valence-electron chi connectivity index (χ2n) is 5.40. The average molecular weight is 286 g/mol. The van der Waals surface area contributed by atoms with Crippen LogP contribution in [0.15, 0.2) is 18.2 Å². The van der Waals surface area contributed by atoms with Crippen LogP contribution >= 0.6 is 0 Å². The van der Waals surface area contributed by atoms with Gasteiger partial charge in [-0.3, -0.25) is 0 Å². The molecule has 4 N–H and O–H groups in total. The topological polar surface area (TPSA) is 67.5 Å². The molecule has 0 radical (unpaired) electrons. The number of ether oxygens (including phenoxy) is 1. The minimum atomic E-state index is 0.331. The van der Waals surface area contributed by atoms with E-state index in [1.54, 1.807) is 7.11 Å². The van der Waals surface area contributed by atoms with E-state index in [4.69, 9.17) is 10.5 Å². The highest BCUT2D eigenvalue weighted by molar-refractivity contribution is 5.76. The number of hydrogen-bond donors (Lipinski definition) is 3. The molecule has 0 unspecified atom stereocenters. The van der Waals surface area contributed by atoms with Gasteiger partial charge in [0.2, 0.25) is 0 Å². The molecule has 4 heteroatoms. The van der Waals surface area contributed by atoms with Crippen molar-refractivity contribution in [2.24, 2.45) is 0 Å². The van der Waals surface area contributed by atoms with Crippen molar-refractivity contribution in [3.8, 4) is 11.5 Å². The minimum absolute atomic E-state index is 0.331. The molecular weight excluding hydrogens is 264 g/mol. The summed E-state index contributed by atoms with van der Waals surface area (Å²) in [5.41, 5.74) is 12.2. The number of nitrogens with two attached hydrogens (primary N) is 1. The number of phenols is 1. The summed E-state index contributed by atoms with van der Waals surface area (Å²) in [6.45, 7) is 7.67. The number of aromatic hydroxyl groups is 1. The molecule has 0 aliphatic heterocycles. The third kappa shape index (κ3) is 2.75. The predicted molar refractivity (Wildman–Crippen MR) is 87.7 cm³/mol. The summed E-state index contributed by atoms with van der Waals surface area (Å²) in [4.78, 5) is 0. The molecule has 0 aliphatic carbocycles. The van der Waals surface area contributed by atoms with E-state index >= 15 is 0 Å². The Kier molecular flexibility index (Phi) is 3.98. The fourth-order valence-electron chi connectivity index (χ4n) is 2.52. The van der Waals surface area contributed by atoms with Crippen molar-refractivity contribution in [2.45, 2.75) is 27.7 Å². The van der Waals surface area contributed by atoms with Crippen LogP contribution in [-0.2, 0) is 0 Å². The highest BCUT2D eigenvalue weighted by Gasteiger charge is 2.13. The van der Waals surface area contributed by atoms with Gasteiger partial charge < -0.3 is 20.9 Å². The first-order chi connectivity index (χ1) is 9.85. The Morgan fingerprint density at radius 2 is 1.57 bits per heavy atom. The zero-order valence-electron chi connectivity index (χ0n) is 13.2. The van der Waals surface area contributed by atoms with Gasteiger partial charge in [0.15, 0.2) is 0 Å². The zero-order chi connectivity index (χ0) is 15.7. The smallest absolute Gasteiger partial charge is 0.147 e. The largest absolute Gasteiger partial charge is 0.507 e. The molecule has 0 bridgehead atoms. The number of nitrogens with one attached hydrogen (secondary N) is 1. The second kappa shape index (κ2) is 5.56. The minimum Gasteiger partial charge on any atom is -0.507 e. The van der Waals surface area contributed by atoms with E-state index in [9.17, 15) is 5.11 Å². The first kappa shape index (κ1) is 15.0. The monoisotopic (exact) mass is 286 g/mol. The molecule has 0 saturated carbocycles. The van der Waals surface area contributed by atoms with Gasteiger partial charge in [-0.15, -0.1) is 0 Å². The van der Waals surface area contributed by atoms with Gasteiger partial charge in [-0.1, -0.05) is 0 Å². The molecule has 0 spiro atoms. The Balaban J connectivity index is 2.49. The van der Waals surface area contributed by atoms with Crippen LogP contribution < -0.4 is 15.8 Å². The van der Waals surface area contributed by atoms with E-state index in [1.807, 2.05) is 45.9 Å². The van der Waals surface area contributed by atoms with Crippen molar-refractivity contribution in [1.82, 2.24) is 0 Å². The number of phenolic OH excluding ortho intramolecular Hbond substituents is 1. The Hall–Kier alpha value is -2.36. The van der Waals surface area contributed by atoms with E-state index in [2.05, 4.69) is 5.32 Å². The quantitative estimate of drug-likeness (QED) is 0.590. The van der Waals surface area contributed by atoms with E-state index in [0.29, 0.717) is 5.75 Å². The third-order valence-corrected chi connectivity index (χ3v) is 3.75. The lowest BCUT2D eigenvalue weighted by Gasteiger charge is -2.18. The Labute approximate surface area is 125 Å². The number of anilines is 3. The van der Waals surface area contributed by atoms with Crippen LogP contribution in [0.2, 0.25) is 0 Å². The van der Waals surface area contributed by atoms with Crippen LogP contribution in [0.5, 0.6) is 11.5 Å². The van der Waals surface area contributed by atoms with Crippen molar-refractivity contribution < 1.29 is 9.84 Å². The normalized spacial score (nSPS) is 10.5. The van der Waals surface area contributed by atoms with E-state index < -0.39 is 0 Å². The first-order valence-corrected chi connectivity index (χ1v) is 6.86. The lowest BCUT2D eigenvalue weighted by molar-refractivity contribution is 0.414. The summed E-state index contributed by atoms with van der Waals surface area (Å²) >= 11 is 0. The van der Waals surface area contributed by atoms with Crippen molar-refractivity contribution in [2.75, 3.05) is 18.2 Å². The second-order valence-corrected chi connectivity index (χ2v) is 5.40. The molecule has 0 heterocycles. The van der Waals surface area contributed by atoms with Crippen molar-refractivity contribution in [1.29, 1.82) is 0 Å². The number of benzene rings is 2. The molecule has 0 saturated heterocycles. The lowest BCUT2D eigenvalue weighted by atomic mass is 10.1. The molecule has 0 amide bonds. The molecule has 0 atom stereocenters. The molecule has 0 aromatic heterocycles. The number of hydrogen-bond acceptors (Lipinski definition) is 4. The number of nitrogen functional groups attached to an aromatic ring is 1. The maximum atomic E-state index is 9.85. The summed E-state index contributed by atoms with van der Waals surface area (Å²) in [5, 5.41) is 13.2. The van der Waals surface area contributed by atoms with Gasteiger partial charge in [-0.25, -0.2) is 0 Å².